The van der Waals surface area contributed by atoms with Crippen molar-refractivity contribution in [1.29, 1.82) is 0 Å². The molecule has 20 heavy (non-hydrogen) atoms. The molecule has 2 rings (SSSR count). The second kappa shape index (κ2) is 5.52. The third kappa shape index (κ3) is 3.00. The maximum Gasteiger partial charge on any atom is 0.264 e. The van der Waals surface area contributed by atoms with E-state index in [1.165, 1.54) is 18.2 Å². The Morgan fingerprint density at radius 1 is 1.15 bits per heavy atom. The predicted octanol–water partition coefficient (Wildman–Crippen LogP) is 3.68. The molecule has 0 spiro atoms. The van der Waals surface area contributed by atoms with Crippen LogP contribution in [0.2, 0.25) is 10.0 Å². The third-order valence-corrected chi connectivity index (χ3v) is 4.68. The summed E-state index contributed by atoms with van der Waals surface area (Å²) in [7, 11) is -3.86. The van der Waals surface area contributed by atoms with Gasteiger partial charge in [0.2, 0.25) is 0 Å². The molecule has 7 heteroatoms. The molecule has 4 nitrogen and oxygen atoms in total. The smallest absolute Gasteiger partial charge is 0.264 e. The molecule has 0 saturated heterocycles. The zero-order valence-electron chi connectivity index (χ0n) is 10.5. The first-order valence-electron chi connectivity index (χ1n) is 5.64. The minimum atomic E-state index is -3.86. The van der Waals surface area contributed by atoms with Crippen LogP contribution in [0.1, 0.15) is 5.56 Å². The van der Waals surface area contributed by atoms with Crippen molar-refractivity contribution in [3.63, 3.8) is 0 Å². The van der Waals surface area contributed by atoms with Crippen LogP contribution >= 0.6 is 23.2 Å². The van der Waals surface area contributed by atoms with E-state index in [0.29, 0.717) is 16.3 Å². The number of rotatable bonds is 3. The van der Waals surface area contributed by atoms with E-state index in [2.05, 4.69) is 4.72 Å². The quantitative estimate of drug-likeness (QED) is 0.843. The third-order valence-electron chi connectivity index (χ3n) is 2.72. The summed E-state index contributed by atoms with van der Waals surface area (Å²) in [6, 6.07) is 9.36. The van der Waals surface area contributed by atoms with E-state index in [1.54, 1.807) is 25.1 Å². The molecule has 0 atom stereocenters. The molecular weight excluding hydrogens is 319 g/mol. The Labute approximate surface area is 127 Å². The highest BCUT2D eigenvalue weighted by atomic mass is 35.5. The zero-order chi connectivity index (χ0) is 14.9. The monoisotopic (exact) mass is 330 g/mol. The van der Waals surface area contributed by atoms with Crippen molar-refractivity contribution in [2.45, 2.75) is 11.8 Å². The molecule has 0 radical (unpaired) electrons. The molecule has 0 bridgehead atoms. The van der Waals surface area contributed by atoms with Gasteiger partial charge in [-0.25, -0.2) is 8.42 Å². The Morgan fingerprint density at radius 3 is 2.50 bits per heavy atom. The van der Waals surface area contributed by atoms with Gasteiger partial charge in [-0.3, -0.25) is 4.72 Å². The number of halogens is 2. The number of benzene rings is 2. The van der Waals surface area contributed by atoms with Gasteiger partial charge in [-0.15, -0.1) is 0 Å². The lowest BCUT2D eigenvalue weighted by atomic mass is 10.2. The first kappa shape index (κ1) is 15.0. The first-order chi connectivity index (χ1) is 9.31. The number of aryl methyl sites for hydroxylation is 1. The molecule has 106 valence electrons. The Kier molecular flexibility index (Phi) is 4.13. The number of nitrogen functional groups attached to an aromatic ring is 1. The highest BCUT2D eigenvalue weighted by Gasteiger charge is 2.20. The lowest BCUT2D eigenvalue weighted by molar-refractivity contribution is 0.601. The lowest BCUT2D eigenvalue weighted by Crippen LogP contribution is -2.15. The average molecular weight is 331 g/mol. The highest BCUT2D eigenvalue weighted by molar-refractivity contribution is 7.93. The van der Waals surface area contributed by atoms with E-state index in [1.807, 2.05) is 0 Å². The van der Waals surface area contributed by atoms with Crippen LogP contribution in [0.4, 0.5) is 11.4 Å². The van der Waals surface area contributed by atoms with Crippen molar-refractivity contribution in [1.82, 2.24) is 0 Å². The van der Waals surface area contributed by atoms with Crippen LogP contribution < -0.4 is 10.5 Å². The maximum absolute atomic E-state index is 12.4. The van der Waals surface area contributed by atoms with Crippen molar-refractivity contribution in [2.24, 2.45) is 0 Å². The molecule has 0 aromatic heterocycles. The summed E-state index contributed by atoms with van der Waals surface area (Å²) in [6.45, 7) is 1.76. The van der Waals surface area contributed by atoms with Crippen molar-refractivity contribution in [3.8, 4) is 0 Å². The maximum atomic E-state index is 12.4. The van der Waals surface area contributed by atoms with Gasteiger partial charge in [0.25, 0.3) is 10.0 Å². The van der Waals surface area contributed by atoms with E-state index < -0.39 is 10.0 Å². The molecule has 0 aliphatic heterocycles. The van der Waals surface area contributed by atoms with Gasteiger partial charge in [0.15, 0.2) is 0 Å². The number of nitrogens with two attached hydrogens (primary N) is 1. The fourth-order valence-electron chi connectivity index (χ4n) is 1.69. The van der Waals surface area contributed by atoms with Crippen LogP contribution in [0, 0.1) is 6.92 Å². The van der Waals surface area contributed by atoms with Gasteiger partial charge < -0.3 is 5.73 Å². The Morgan fingerprint density at radius 2 is 1.85 bits per heavy atom. The molecular formula is C13H12Cl2N2O2S. The molecule has 0 fully saturated rings. The zero-order valence-corrected chi connectivity index (χ0v) is 12.9. The first-order valence-corrected chi connectivity index (χ1v) is 7.88. The van der Waals surface area contributed by atoms with Gasteiger partial charge in [0.1, 0.15) is 4.90 Å². The molecule has 2 aromatic rings. The summed E-state index contributed by atoms with van der Waals surface area (Å²) in [5, 5.41) is 0.602. The lowest BCUT2D eigenvalue weighted by Gasteiger charge is -2.13. The summed E-state index contributed by atoms with van der Waals surface area (Å²) in [4.78, 5) is -0.0793. The van der Waals surface area contributed by atoms with Crippen LogP contribution in [0.15, 0.2) is 41.3 Å². The highest BCUT2D eigenvalue weighted by Crippen LogP contribution is 2.30. The van der Waals surface area contributed by atoms with Crippen LogP contribution in [0.3, 0.4) is 0 Å². The van der Waals surface area contributed by atoms with Crippen LogP contribution in [0.5, 0.6) is 0 Å². The van der Waals surface area contributed by atoms with E-state index in [4.69, 9.17) is 28.9 Å². The molecule has 2 aromatic carbocycles. The number of sulfonamides is 1. The number of nitrogens with one attached hydrogen (secondary N) is 1. The second-order valence-corrected chi connectivity index (χ2v) is 6.71. The molecule has 0 aliphatic rings. The van der Waals surface area contributed by atoms with Gasteiger partial charge in [0, 0.05) is 5.02 Å². The molecule has 3 N–H and O–H groups in total. The summed E-state index contributed by atoms with van der Waals surface area (Å²) in [5.74, 6) is 0. The van der Waals surface area contributed by atoms with Gasteiger partial charge in [-0.1, -0.05) is 35.3 Å². The molecule has 0 amide bonds. The summed E-state index contributed by atoms with van der Waals surface area (Å²) < 4.78 is 27.2. The Bertz CT molecular complexity index is 741. The van der Waals surface area contributed by atoms with E-state index in [-0.39, 0.29) is 15.6 Å². The Hall–Kier alpha value is -1.43. The molecule has 0 heterocycles. The van der Waals surface area contributed by atoms with Crippen molar-refractivity contribution in [3.05, 3.63) is 52.0 Å². The van der Waals surface area contributed by atoms with Crippen LogP contribution in [-0.2, 0) is 10.0 Å². The van der Waals surface area contributed by atoms with Gasteiger partial charge in [-0.05, 0) is 36.8 Å². The fraction of sp³-hybridized carbons (Fsp3) is 0.0769. The van der Waals surface area contributed by atoms with Crippen molar-refractivity contribution in [2.75, 3.05) is 10.5 Å². The summed E-state index contributed by atoms with van der Waals surface area (Å²) in [5.41, 5.74) is 6.85. The van der Waals surface area contributed by atoms with E-state index >= 15 is 0 Å². The second-order valence-electron chi connectivity index (χ2n) is 4.22. The molecule has 0 aliphatic carbocycles. The van der Waals surface area contributed by atoms with E-state index in [0.717, 1.165) is 0 Å². The summed E-state index contributed by atoms with van der Waals surface area (Å²) in [6.07, 6.45) is 0. The fourth-order valence-corrected chi connectivity index (χ4v) is 3.56. The van der Waals surface area contributed by atoms with Gasteiger partial charge in [-0.2, -0.15) is 0 Å². The summed E-state index contributed by atoms with van der Waals surface area (Å²) >= 11 is 11.8. The minimum absolute atomic E-state index is 0.0793. The number of hydrogen-bond donors (Lipinski definition) is 2. The molecule has 0 saturated carbocycles. The molecule has 0 unspecified atom stereocenters. The number of hydrogen-bond acceptors (Lipinski definition) is 3. The minimum Gasteiger partial charge on any atom is -0.398 e. The van der Waals surface area contributed by atoms with Crippen molar-refractivity contribution >= 4 is 44.6 Å². The Balaban J connectivity index is 2.49. The van der Waals surface area contributed by atoms with Crippen molar-refractivity contribution < 1.29 is 8.42 Å². The van der Waals surface area contributed by atoms with Crippen LogP contribution in [-0.4, -0.2) is 8.42 Å². The van der Waals surface area contributed by atoms with E-state index in [9.17, 15) is 8.42 Å². The number of para-hydroxylation sites is 1. The largest absolute Gasteiger partial charge is 0.398 e. The van der Waals surface area contributed by atoms with Crippen LogP contribution in [0.25, 0.3) is 0 Å². The van der Waals surface area contributed by atoms with Gasteiger partial charge in [0.05, 0.1) is 16.4 Å². The normalized spacial score (nSPS) is 11.3. The topological polar surface area (TPSA) is 72.2 Å². The predicted molar refractivity (Wildman–Crippen MR) is 82.9 cm³/mol. The SMILES string of the molecule is Cc1cccc(Cl)c1NS(=O)(=O)c1cc(Cl)ccc1N. The average Bonchev–Trinajstić information content (AvgIpc) is 2.37. The van der Waals surface area contributed by atoms with Gasteiger partial charge >= 0.3 is 0 Å². The number of anilines is 2. The standard InChI is InChI=1S/C13H12Cl2N2O2S/c1-8-3-2-4-10(15)13(8)17-20(18,19)12-7-9(14)5-6-11(12)16/h2-7,17H,16H2,1H3.